The lowest BCUT2D eigenvalue weighted by atomic mass is 9.90. The number of aliphatic carboxylic acids is 1. The molecule has 0 aromatic heterocycles. The summed E-state index contributed by atoms with van der Waals surface area (Å²) >= 11 is 0. The lowest BCUT2D eigenvalue weighted by molar-refractivity contribution is -0.145. The molecule has 2 unspecified atom stereocenters. The molecular formula is C14H15F2NO3. The number of carboxylic acid groups (broad SMARTS) is 1. The Kier molecular flexibility index (Phi) is 4.01. The van der Waals surface area contributed by atoms with Gasteiger partial charge in [0, 0.05) is 6.54 Å². The van der Waals surface area contributed by atoms with Crippen molar-refractivity contribution in [3.8, 4) is 0 Å². The van der Waals surface area contributed by atoms with Crippen molar-refractivity contribution in [2.24, 2.45) is 5.92 Å². The van der Waals surface area contributed by atoms with E-state index in [0.29, 0.717) is 12.8 Å². The second kappa shape index (κ2) is 5.56. The molecule has 2 rings (SSSR count). The summed E-state index contributed by atoms with van der Waals surface area (Å²) in [5.41, 5.74) is -0.426. The second-order valence-corrected chi connectivity index (χ2v) is 5.00. The van der Waals surface area contributed by atoms with E-state index in [1.807, 2.05) is 0 Å². The van der Waals surface area contributed by atoms with Crippen molar-refractivity contribution in [2.75, 3.05) is 6.54 Å². The van der Waals surface area contributed by atoms with Gasteiger partial charge < -0.3 is 10.0 Å². The van der Waals surface area contributed by atoms with Gasteiger partial charge in [0.1, 0.15) is 6.04 Å². The Bertz CT molecular complexity index is 547. The molecule has 1 heterocycles. The number of hydrogen-bond donors (Lipinski definition) is 1. The molecule has 6 heteroatoms. The standard InChI is InChI=1S/C14H15F2NO3/c1-8-4-3-7-17(12(8)14(19)20)13(18)9-5-2-6-10(15)11(9)16/h2,5-6,8,12H,3-4,7H2,1H3,(H,19,20). The van der Waals surface area contributed by atoms with Gasteiger partial charge in [0.15, 0.2) is 11.6 Å². The van der Waals surface area contributed by atoms with Gasteiger partial charge in [-0.1, -0.05) is 13.0 Å². The van der Waals surface area contributed by atoms with Gasteiger partial charge in [-0.25, -0.2) is 13.6 Å². The summed E-state index contributed by atoms with van der Waals surface area (Å²) in [5, 5.41) is 9.24. The third-order valence-corrected chi connectivity index (χ3v) is 3.63. The van der Waals surface area contributed by atoms with Crippen molar-refractivity contribution in [3.05, 3.63) is 35.4 Å². The summed E-state index contributed by atoms with van der Waals surface area (Å²) in [6.45, 7) is 1.97. The van der Waals surface area contributed by atoms with E-state index in [2.05, 4.69) is 0 Å². The lowest BCUT2D eigenvalue weighted by Gasteiger charge is -2.37. The topological polar surface area (TPSA) is 57.6 Å². The van der Waals surface area contributed by atoms with Crippen LogP contribution in [0.15, 0.2) is 18.2 Å². The molecule has 4 nitrogen and oxygen atoms in total. The van der Waals surface area contributed by atoms with Crippen molar-refractivity contribution in [1.82, 2.24) is 4.90 Å². The smallest absolute Gasteiger partial charge is 0.326 e. The maximum absolute atomic E-state index is 13.7. The number of likely N-dealkylation sites (tertiary alicyclic amines) is 1. The van der Waals surface area contributed by atoms with Crippen LogP contribution in [0.25, 0.3) is 0 Å². The number of rotatable bonds is 2. The number of carbonyl (C=O) groups is 2. The molecule has 1 saturated heterocycles. The Balaban J connectivity index is 2.35. The minimum Gasteiger partial charge on any atom is -0.480 e. The Morgan fingerprint density at radius 2 is 2.05 bits per heavy atom. The van der Waals surface area contributed by atoms with Crippen LogP contribution in [0.5, 0.6) is 0 Å². The van der Waals surface area contributed by atoms with Crippen LogP contribution >= 0.6 is 0 Å². The predicted molar refractivity (Wildman–Crippen MR) is 67.2 cm³/mol. The number of carboxylic acids is 1. The molecule has 1 amide bonds. The van der Waals surface area contributed by atoms with E-state index in [0.717, 1.165) is 11.0 Å². The van der Waals surface area contributed by atoms with E-state index < -0.39 is 35.1 Å². The van der Waals surface area contributed by atoms with Crippen LogP contribution in [0.1, 0.15) is 30.1 Å². The molecule has 108 valence electrons. The molecule has 1 fully saturated rings. The van der Waals surface area contributed by atoms with E-state index in [9.17, 15) is 23.5 Å². The molecule has 0 spiro atoms. The van der Waals surface area contributed by atoms with Gasteiger partial charge in [-0.05, 0) is 30.9 Å². The summed E-state index contributed by atoms with van der Waals surface area (Å²) in [6, 6.07) is 2.31. The van der Waals surface area contributed by atoms with Crippen molar-refractivity contribution >= 4 is 11.9 Å². The van der Waals surface area contributed by atoms with Gasteiger partial charge in [-0.2, -0.15) is 0 Å². The Hall–Kier alpha value is -1.98. The van der Waals surface area contributed by atoms with Gasteiger partial charge in [0.05, 0.1) is 5.56 Å². The molecule has 0 saturated carbocycles. The van der Waals surface area contributed by atoms with Crippen molar-refractivity contribution < 1.29 is 23.5 Å². The van der Waals surface area contributed by atoms with E-state index >= 15 is 0 Å². The number of nitrogens with zero attached hydrogens (tertiary/aromatic N) is 1. The highest BCUT2D eigenvalue weighted by Gasteiger charge is 2.38. The molecule has 1 aromatic carbocycles. The minimum atomic E-state index is -1.24. The van der Waals surface area contributed by atoms with Crippen LogP contribution in [-0.2, 0) is 4.79 Å². The number of benzene rings is 1. The highest BCUT2D eigenvalue weighted by atomic mass is 19.2. The SMILES string of the molecule is CC1CCCN(C(=O)c2cccc(F)c2F)C1C(=O)O. The molecule has 0 radical (unpaired) electrons. The van der Waals surface area contributed by atoms with Gasteiger partial charge in [-0.3, -0.25) is 4.79 Å². The Labute approximate surface area is 115 Å². The normalized spacial score (nSPS) is 22.6. The van der Waals surface area contributed by atoms with E-state index in [4.69, 9.17) is 0 Å². The highest BCUT2D eigenvalue weighted by Crippen LogP contribution is 2.26. The first-order chi connectivity index (χ1) is 9.43. The summed E-state index contributed by atoms with van der Waals surface area (Å²) in [5.74, 6) is -4.47. The fraction of sp³-hybridized carbons (Fsp3) is 0.429. The van der Waals surface area contributed by atoms with Crippen molar-refractivity contribution in [1.29, 1.82) is 0 Å². The first kappa shape index (κ1) is 14.4. The van der Waals surface area contributed by atoms with Crippen molar-refractivity contribution in [2.45, 2.75) is 25.8 Å². The lowest BCUT2D eigenvalue weighted by Crippen LogP contribution is -2.52. The summed E-state index contributed by atoms with van der Waals surface area (Å²) in [6.07, 6.45) is 1.33. The van der Waals surface area contributed by atoms with Crippen LogP contribution < -0.4 is 0 Å². The zero-order valence-corrected chi connectivity index (χ0v) is 11.0. The van der Waals surface area contributed by atoms with Crippen LogP contribution in [0, 0.1) is 17.6 Å². The molecular weight excluding hydrogens is 268 g/mol. The maximum Gasteiger partial charge on any atom is 0.326 e. The number of halogens is 2. The molecule has 2 atom stereocenters. The van der Waals surface area contributed by atoms with Crippen LogP contribution in [0.4, 0.5) is 8.78 Å². The van der Waals surface area contributed by atoms with E-state index in [1.54, 1.807) is 6.92 Å². The summed E-state index contributed by atoms with van der Waals surface area (Å²) in [7, 11) is 0. The Morgan fingerprint density at radius 1 is 1.35 bits per heavy atom. The quantitative estimate of drug-likeness (QED) is 0.906. The second-order valence-electron chi connectivity index (χ2n) is 5.00. The fourth-order valence-electron chi connectivity index (χ4n) is 2.62. The average Bonchev–Trinajstić information content (AvgIpc) is 2.40. The summed E-state index contributed by atoms with van der Waals surface area (Å²) < 4.78 is 26.8. The number of amides is 1. The largest absolute Gasteiger partial charge is 0.480 e. The predicted octanol–water partition coefficient (Wildman–Crippen LogP) is 2.29. The van der Waals surface area contributed by atoms with Gasteiger partial charge in [0.25, 0.3) is 5.91 Å². The molecule has 0 bridgehead atoms. The first-order valence-corrected chi connectivity index (χ1v) is 6.41. The molecule has 1 N–H and O–H groups in total. The molecule has 1 aliphatic rings. The number of carbonyl (C=O) groups excluding carboxylic acids is 1. The molecule has 0 aliphatic carbocycles. The van der Waals surface area contributed by atoms with E-state index in [-0.39, 0.29) is 12.5 Å². The first-order valence-electron chi connectivity index (χ1n) is 6.41. The van der Waals surface area contributed by atoms with Gasteiger partial charge >= 0.3 is 5.97 Å². The number of hydrogen-bond acceptors (Lipinski definition) is 2. The average molecular weight is 283 g/mol. The van der Waals surface area contributed by atoms with Crippen molar-refractivity contribution in [3.63, 3.8) is 0 Å². The number of piperidine rings is 1. The fourth-order valence-corrected chi connectivity index (χ4v) is 2.62. The van der Waals surface area contributed by atoms with Crippen LogP contribution in [-0.4, -0.2) is 34.5 Å². The molecule has 20 heavy (non-hydrogen) atoms. The van der Waals surface area contributed by atoms with Gasteiger partial charge in [-0.15, -0.1) is 0 Å². The highest BCUT2D eigenvalue weighted by molar-refractivity contribution is 5.97. The third kappa shape index (κ3) is 2.50. The van der Waals surface area contributed by atoms with Gasteiger partial charge in [0.2, 0.25) is 0 Å². The monoisotopic (exact) mass is 283 g/mol. The minimum absolute atomic E-state index is 0.221. The summed E-state index contributed by atoms with van der Waals surface area (Å²) in [4.78, 5) is 24.7. The van der Waals surface area contributed by atoms with Crippen LogP contribution in [0.2, 0.25) is 0 Å². The Morgan fingerprint density at radius 3 is 2.70 bits per heavy atom. The van der Waals surface area contributed by atoms with E-state index in [1.165, 1.54) is 12.1 Å². The van der Waals surface area contributed by atoms with Crippen LogP contribution in [0.3, 0.4) is 0 Å². The zero-order chi connectivity index (χ0) is 14.9. The molecule has 1 aliphatic heterocycles. The zero-order valence-electron chi connectivity index (χ0n) is 11.0. The third-order valence-electron chi connectivity index (χ3n) is 3.63. The molecule has 1 aromatic rings. The maximum atomic E-state index is 13.7.